The van der Waals surface area contributed by atoms with Crippen molar-refractivity contribution in [3.05, 3.63) is 76.5 Å². The summed E-state index contributed by atoms with van der Waals surface area (Å²) in [6.45, 7) is 6.76. The van der Waals surface area contributed by atoms with Crippen molar-refractivity contribution in [3.8, 4) is 0 Å². The van der Waals surface area contributed by atoms with Crippen LogP contribution >= 0.6 is 0 Å². The van der Waals surface area contributed by atoms with E-state index in [2.05, 4.69) is 24.0 Å². The van der Waals surface area contributed by atoms with Gasteiger partial charge in [-0.2, -0.15) is 0 Å². The van der Waals surface area contributed by atoms with Crippen molar-refractivity contribution >= 4 is 22.9 Å². The average molecular weight is 362 g/mol. The Morgan fingerprint density at radius 1 is 1.07 bits per heavy atom. The van der Waals surface area contributed by atoms with Crippen molar-refractivity contribution in [2.24, 2.45) is 0 Å². The highest BCUT2D eigenvalue weighted by molar-refractivity contribution is 6.02. The van der Waals surface area contributed by atoms with E-state index < -0.39 is 0 Å². The number of carbonyl (C=O) groups excluding carboxylic acids is 1. The molecular formula is C23H26N2O2. The van der Waals surface area contributed by atoms with Crippen molar-refractivity contribution in [3.63, 3.8) is 0 Å². The van der Waals surface area contributed by atoms with Crippen molar-refractivity contribution in [1.82, 2.24) is 9.88 Å². The van der Waals surface area contributed by atoms with Gasteiger partial charge in [-0.05, 0) is 43.0 Å². The van der Waals surface area contributed by atoms with E-state index in [1.165, 1.54) is 0 Å². The molecule has 140 valence electrons. The van der Waals surface area contributed by atoms with Gasteiger partial charge in [0, 0.05) is 24.0 Å². The second kappa shape index (κ2) is 8.23. The lowest BCUT2D eigenvalue weighted by Gasteiger charge is -2.20. The first-order chi connectivity index (χ1) is 13.0. The molecule has 27 heavy (non-hydrogen) atoms. The molecule has 0 bridgehead atoms. The molecule has 2 aromatic carbocycles. The van der Waals surface area contributed by atoms with E-state index in [4.69, 9.17) is 0 Å². The van der Waals surface area contributed by atoms with Crippen molar-refractivity contribution in [1.29, 1.82) is 0 Å². The fourth-order valence-electron chi connectivity index (χ4n) is 3.45. The first kappa shape index (κ1) is 18.9. The maximum atomic E-state index is 13.1. The number of aliphatic hydroxyl groups excluding tert-OH is 1. The normalized spacial score (nSPS) is 11.4. The number of hydrogen-bond donors (Lipinski definition) is 2. The van der Waals surface area contributed by atoms with E-state index in [1.54, 1.807) is 4.90 Å². The summed E-state index contributed by atoms with van der Waals surface area (Å²) in [6, 6.07) is 14.1. The second-order valence-corrected chi connectivity index (χ2v) is 6.86. The number of benzene rings is 2. The van der Waals surface area contributed by atoms with Gasteiger partial charge in [0.15, 0.2) is 0 Å². The van der Waals surface area contributed by atoms with Crippen LogP contribution in [0.25, 0.3) is 17.0 Å². The molecule has 1 heterocycles. The number of aromatic nitrogens is 1. The second-order valence-electron chi connectivity index (χ2n) is 6.86. The predicted octanol–water partition coefficient (Wildman–Crippen LogP) is 4.24. The zero-order chi connectivity index (χ0) is 19.4. The number of nitrogens with one attached hydrogen (secondary N) is 1. The first-order valence-corrected chi connectivity index (χ1v) is 9.23. The van der Waals surface area contributed by atoms with Gasteiger partial charge in [-0.3, -0.25) is 4.79 Å². The minimum atomic E-state index is -0.0886. The van der Waals surface area contributed by atoms with Crippen LogP contribution in [0.2, 0.25) is 0 Å². The van der Waals surface area contributed by atoms with Crippen LogP contribution in [0.15, 0.2) is 48.5 Å². The Morgan fingerprint density at radius 3 is 2.44 bits per heavy atom. The Bertz CT molecular complexity index is 971. The summed E-state index contributed by atoms with van der Waals surface area (Å²) >= 11 is 0. The highest BCUT2D eigenvalue weighted by atomic mass is 16.3. The van der Waals surface area contributed by atoms with E-state index in [-0.39, 0.29) is 12.5 Å². The number of amides is 1. The molecule has 0 saturated heterocycles. The number of fused-ring (bicyclic) bond motifs is 1. The van der Waals surface area contributed by atoms with Crippen LogP contribution in [0.1, 0.15) is 32.7 Å². The molecule has 2 N–H and O–H groups in total. The Labute approximate surface area is 160 Å². The zero-order valence-electron chi connectivity index (χ0n) is 16.1. The third-order valence-corrected chi connectivity index (χ3v) is 4.93. The SMILES string of the molecule is Cc1ccc(C)c2c(C)c(C(=O)N(C/C=C/c3ccccc3)CCO)[nH]c12. The van der Waals surface area contributed by atoms with Gasteiger partial charge in [-0.25, -0.2) is 0 Å². The van der Waals surface area contributed by atoms with Gasteiger partial charge in [0.2, 0.25) is 0 Å². The summed E-state index contributed by atoms with van der Waals surface area (Å²) in [7, 11) is 0. The molecule has 0 aliphatic heterocycles. The molecule has 1 amide bonds. The van der Waals surface area contributed by atoms with Crippen LogP contribution in [-0.2, 0) is 0 Å². The molecule has 0 aliphatic rings. The first-order valence-electron chi connectivity index (χ1n) is 9.23. The summed E-state index contributed by atoms with van der Waals surface area (Å²) in [4.78, 5) is 18.1. The van der Waals surface area contributed by atoms with Crippen LogP contribution in [-0.4, -0.2) is 40.6 Å². The van der Waals surface area contributed by atoms with Crippen molar-refractivity contribution < 1.29 is 9.90 Å². The van der Waals surface area contributed by atoms with Crippen LogP contribution in [0.5, 0.6) is 0 Å². The van der Waals surface area contributed by atoms with E-state index >= 15 is 0 Å². The third kappa shape index (κ3) is 3.96. The minimum absolute atomic E-state index is 0.0672. The Balaban J connectivity index is 1.88. The molecule has 0 radical (unpaired) electrons. The average Bonchev–Trinajstić information content (AvgIpc) is 3.03. The van der Waals surface area contributed by atoms with Gasteiger partial charge < -0.3 is 15.0 Å². The molecule has 0 aliphatic carbocycles. The van der Waals surface area contributed by atoms with Gasteiger partial charge in [-0.15, -0.1) is 0 Å². The summed E-state index contributed by atoms with van der Waals surface area (Å²) in [5.41, 5.74) is 5.94. The van der Waals surface area contributed by atoms with E-state index in [0.29, 0.717) is 18.8 Å². The highest BCUT2D eigenvalue weighted by Crippen LogP contribution is 2.28. The molecule has 0 spiro atoms. The van der Waals surface area contributed by atoms with Gasteiger partial charge in [0.1, 0.15) is 5.69 Å². The van der Waals surface area contributed by atoms with E-state index in [9.17, 15) is 9.90 Å². The topological polar surface area (TPSA) is 56.3 Å². The summed E-state index contributed by atoms with van der Waals surface area (Å²) < 4.78 is 0. The van der Waals surface area contributed by atoms with Gasteiger partial charge in [0.05, 0.1) is 6.61 Å². The molecule has 4 heteroatoms. The van der Waals surface area contributed by atoms with Crippen molar-refractivity contribution in [2.75, 3.05) is 19.7 Å². The Hall–Kier alpha value is -2.85. The lowest BCUT2D eigenvalue weighted by Crippen LogP contribution is -2.34. The Morgan fingerprint density at radius 2 is 1.78 bits per heavy atom. The summed E-state index contributed by atoms with van der Waals surface area (Å²) in [6.07, 6.45) is 3.95. The molecule has 1 aromatic heterocycles. The maximum Gasteiger partial charge on any atom is 0.270 e. The highest BCUT2D eigenvalue weighted by Gasteiger charge is 2.21. The molecule has 0 fully saturated rings. The number of aliphatic hydroxyl groups is 1. The number of H-pyrrole nitrogens is 1. The molecule has 0 unspecified atom stereocenters. The number of nitrogens with zero attached hydrogens (tertiary/aromatic N) is 1. The van der Waals surface area contributed by atoms with Crippen LogP contribution in [0, 0.1) is 20.8 Å². The van der Waals surface area contributed by atoms with Crippen LogP contribution in [0.4, 0.5) is 0 Å². The molecule has 3 rings (SSSR count). The maximum absolute atomic E-state index is 13.1. The molecule has 4 nitrogen and oxygen atoms in total. The lowest BCUT2D eigenvalue weighted by atomic mass is 10.0. The zero-order valence-corrected chi connectivity index (χ0v) is 16.1. The molecular weight excluding hydrogens is 336 g/mol. The predicted molar refractivity (Wildman–Crippen MR) is 111 cm³/mol. The number of aromatic amines is 1. The monoisotopic (exact) mass is 362 g/mol. The largest absolute Gasteiger partial charge is 0.395 e. The van der Waals surface area contributed by atoms with Gasteiger partial charge >= 0.3 is 0 Å². The van der Waals surface area contributed by atoms with E-state index in [1.807, 2.05) is 56.3 Å². The standard InChI is InChI=1S/C23H26N2O2/c1-16-11-12-17(2)21-20(16)18(3)22(24-21)23(27)25(14-15-26)13-7-10-19-8-5-4-6-9-19/h4-12,24,26H,13-15H2,1-3H3/b10-7+. The van der Waals surface area contributed by atoms with Gasteiger partial charge in [-0.1, -0.05) is 54.6 Å². The van der Waals surface area contributed by atoms with Crippen molar-refractivity contribution in [2.45, 2.75) is 20.8 Å². The minimum Gasteiger partial charge on any atom is -0.395 e. The summed E-state index contributed by atoms with van der Waals surface area (Å²) in [5.74, 6) is -0.0886. The number of carbonyl (C=O) groups is 1. The third-order valence-electron chi connectivity index (χ3n) is 4.93. The number of rotatable bonds is 6. The number of hydrogen-bond acceptors (Lipinski definition) is 2. The number of aryl methyl sites for hydroxylation is 3. The lowest BCUT2D eigenvalue weighted by molar-refractivity contribution is 0.0737. The molecule has 0 saturated carbocycles. The van der Waals surface area contributed by atoms with Crippen LogP contribution < -0.4 is 0 Å². The quantitative estimate of drug-likeness (QED) is 0.689. The fraction of sp³-hybridized carbons (Fsp3) is 0.261. The molecule has 3 aromatic rings. The fourth-order valence-corrected chi connectivity index (χ4v) is 3.45. The Kier molecular flexibility index (Phi) is 5.77. The van der Waals surface area contributed by atoms with Crippen LogP contribution in [0.3, 0.4) is 0 Å². The molecule has 0 atom stereocenters. The smallest absolute Gasteiger partial charge is 0.270 e. The van der Waals surface area contributed by atoms with E-state index in [0.717, 1.165) is 33.2 Å². The summed E-state index contributed by atoms with van der Waals surface area (Å²) in [5, 5.41) is 10.5. The van der Waals surface area contributed by atoms with Gasteiger partial charge in [0.25, 0.3) is 5.91 Å².